The molecule has 1 unspecified atom stereocenters. The van der Waals surface area contributed by atoms with Crippen LogP contribution in [0.4, 0.5) is 0 Å². The molecule has 0 saturated heterocycles. The molecule has 0 radical (unpaired) electrons. The van der Waals surface area contributed by atoms with Gasteiger partial charge >= 0.3 is 0 Å². The molecule has 0 fully saturated rings. The number of rotatable bonds is 3. The van der Waals surface area contributed by atoms with Crippen molar-refractivity contribution in [3.8, 4) is 11.8 Å². The number of hydrogen-bond acceptors (Lipinski definition) is 1. The fraction of sp³-hybridized carbons (Fsp3) is 0.179. The van der Waals surface area contributed by atoms with Crippen molar-refractivity contribution >= 4 is 11.4 Å². The van der Waals surface area contributed by atoms with Gasteiger partial charge in [0, 0.05) is 23.1 Å². The molecule has 0 heterocycles. The molecule has 0 aromatic heterocycles. The van der Waals surface area contributed by atoms with Gasteiger partial charge < -0.3 is 0 Å². The number of fused-ring (bicyclic) bond motifs is 1. The topological polar surface area (TPSA) is 17.1 Å². The lowest BCUT2D eigenvalue weighted by Crippen LogP contribution is -1.98. The Morgan fingerprint density at radius 1 is 1.00 bits per heavy atom. The van der Waals surface area contributed by atoms with E-state index in [1.807, 2.05) is 30.3 Å². The number of hydrogen-bond donors (Lipinski definition) is 0. The van der Waals surface area contributed by atoms with Gasteiger partial charge in [0.2, 0.25) is 0 Å². The van der Waals surface area contributed by atoms with Crippen molar-refractivity contribution in [1.29, 1.82) is 0 Å². The molecular weight excluding hydrogens is 352 g/mol. The molecule has 1 heteroatoms. The highest BCUT2D eigenvalue weighted by Gasteiger charge is 2.13. The Morgan fingerprint density at radius 3 is 2.76 bits per heavy atom. The maximum Gasteiger partial charge on any atom is 0.157 e. The largest absolute Gasteiger partial charge is 0.295 e. The zero-order chi connectivity index (χ0) is 20.1. The lowest BCUT2D eigenvalue weighted by atomic mass is 9.93. The molecule has 140 valence electrons. The fourth-order valence-electron chi connectivity index (χ4n) is 3.69. The van der Waals surface area contributed by atoms with Crippen molar-refractivity contribution in [3.05, 3.63) is 113 Å². The molecule has 3 aromatic rings. The number of carbonyl (C=O) groups excluding carboxylic acids is 1. The van der Waals surface area contributed by atoms with Gasteiger partial charge in [0.15, 0.2) is 5.78 Å². The molecule has 1 nitrogen and oxygen atoms in total. The third kappa shape index (κ3) is 4.66. The molecule has 0 amide bonds. The summed E-state index contributed by atoms with van der Waals surface area (Å²) in [7, 11) is 0. The SMILES string of the molecule is CC(Cc1c#cccc1)c1cccc(C#CC2=CC(=O)CCc3ccccc32)c1. The first-order valence-corrected chi connectivity index (χ1v) is 10.0. The second kappa shape index (κ2) is 8.64. The predicted octanol–water partition coefficient (Wildman–Crippen LogP) is 5.58. The Kier molecular flexibility index (Phi) is 5.60. The second-order valence-electron chi connectivity index (χ2n) is 7.48. The molecule has 0 spiro atoms. The van der Waals surface area contributed by atoms with E-state index in [2.05, 4.69) is 67.3 Å². The molecular formula is C28H22O. The number of allylic oxidation sites excluding steroid dienone is 2. The van der Waals surface area contributed by atoms with E-state index >= 15 is 0 Å². The van der Waals surface area contributed by atoms with Gasteiger partial charge in [0.25, 0.3) is 0 Å². The summed E-state index contributed by atoms with van der Waals surface area (Å²) in [5, 5.41) is 0. The maximum atomic E-state index is 12.1. The van der Waals surface area contributed by atoms with Gasteiger partial charge in [-0.05, 0) is 65.8 Å². The minimum absolute atomic E-state index is 0.142. The van der Waals surface area contributed by atoms with Crippen LogP contribution in [-0.4, -0.2) is 5.78 Å². The van der Waals surface area contributed by atoms with E-state index in [0.29, 0.717) is 12.3 Å². The summed E-state index contributed by atoms with van der Waals surface area (Å²) in [6, 6.07) is 28.7. The van der Waals surface area contributed by atoms with E-state index in [0.717, 1.165) is 35.1 Å². The number of aryl methyl sites for hydroxylation is 1. The number of ketones is 1. The average molecular weight is 374 g/mol. The Balaban J connectivity index is 1.59. The summed E-state index contributed by atoms with van der Waals surface area (Å²) >= 11 is 0. The fourth-order valence-corrected chi connectivity index (χ4v) is 3.69. The highest BCUT2D eigenvalue weighted by atomic mass is 16.1. The van der Waals surface area contributed by atoms with E-state index < -0.39 is 0 Å². The monoisotopic (exact) mass is 374 g/mol. The molecule has 1 aliphatic rings. The van der Waals surface area contributed by atoms with Gasteiger partial charge in [0.1, 0.15) is 0 Å². The summed E-state index contributed by atoms with van der Waals surface area (Å²) in [6.45, 7) is 2.22. The van der Waals surface area contributed by atoms with Gasteiger partial charge in [-0.1, -0.05) is 73.4 Å². The highest BCUT2D eigenvalue weighted by molar-refractivity contribution is 6.02. The van der Waals surface area contributed by atoms with E-state index in [9.17, 15) is 4.79 Å². The Morgan fingerprint density at radius 2 is 1.90 bits per heavy atom. The Labute approximate surface area is 173 Å². The van der Waals surface area contributed by atoms with Crippen molar-refractivity contribution in [1.82, 2.24) is 0 Å². The highest BCUT2D eigenvalue weighted by Crippen LogP contribution is 2.24. The van der Waals surface area contributed by atoms with Gasteiger partial charge in [0.05, 0.1) is 0 Å². The van der Waals surface area contributed by atoms with Crippen molar-refractivity contribution in [2.45, 2.75) is 32.1 Å². The van der Waals surface area contributed by atoms with E-state index in [1.165, 1.54) is 11.1 Å². The molecule has 3 aromatic carbocycles. The van der Waals surface area contributed by atoms with Crippen molar-refractivity contribution in [2.75, 3.05) is 0 Å². The predicted molar refractivity (Wildman–Crippen MR) is 117 cm³/mol. The van der Waals surface area contributed by atoms with Crippen molar-refractivity contribution in [3.63, 3.8) is 0 Å². The minimum Gasteiger partial charge on any atom is -0.295 e. The van der Waals surface area contributed by atoms with Crippen LogP contribution in [0.15, 0.2) is 72.8 Å². The lowest BCUT2D eigenvalue weighted by molar-refractivity contribution is -0.114. The van der Waals surface area contributed by atoms with E-state index in [-0.39, 0.29) is 5.78 Å². The van der Waals surface area contributed by atoms with Crippen LogP contribution in [0.3, 0.4) is 0 Å². The van der Waals surface area contributed by atoms with Gasteiger partial charge in [-0.3, -0.25) is 4.79 Å². The zero-order valence-corrected chi connectivity index (χ0v) is 16.5. The normalized spacial score (nSPS) is 13.8. The minimum atomic E-state index is 0.142. The van der Waals surface area contributed by atoms with Crippen LogP contribution in [0.2, 0.25) is 0 Å². The molecule has 0 aliphatic heterocycles. The molecule has 0 saturated carbocycles. The maximum absolute atomic E-state index is 12.1. The van der Waals surface area contributed by atoms with Crippen LogP contribution in [-0.2, 0) is 17.6 Å². The standard InChI is InChI=1S/C28H22O/c1-21(18-22-8-3-2-4-9-22)25-12-7-10-23(19-25)14-15-26-20-27(29)17-16-24-11-5-6-13-28(24)26/h2-3,5-8,10-13,19-21H,16-18H2,1H3. The third-order valence-electron chi connectivity index (χ3n) is 5.29. The first kappa shape index (κ1) is 18.8. The molecule has 1 atom stereocenters. The molecule has 0 N–H and O–H groups in total. The summed E-state index contributed by atoms with van der Waals surface area (Å²) in [5.41, 5.74) is 6.46. The molecule has 29 heavy (non-hydrogen) atoms. The van der Waals surface area contributed by atoms with Crippen LogP contribution in [0.25, 0.3) is 5.57 Å². The Bertz CT molecular complexity index is 1110. The molecule has 4 rings (SSSR count). The molecule has 0 bridgehead atoms. The Hall–Kier alpha value is -3.55. The summed E-state index contributed by atoms with van der Waals surface area (Å²) in [5.74, 6) is 7.04. The van der Waals surface area contributed by atoms with Crippen LogP contribution < -0.4 is 0 Å². The van der Waals surface area contributed by atoms with Crippen LogP contribution in [0.5, 0.6) is 0 Å². The molecule has 1 aliphatic carbocycles. The van der Waals surface area contributed by atoms with Crippen LogP contribution >= 0.6 is 0 Å². The summed E-state index contributed by atoms with van der Waals surface area (Å²) in [6.07, 6.45) is 3.94. The van der Waals surface area contributed by atoms with Crippen molar-refractivity contribution in [2.24, 2.45) is 0 Å². The lowest BCUT2D eigenvalue weighted by Gasteiger charge is -2.11. The number of carbonyl (C=O) groups is 1. The quantitative estimate of drug-likeness (QED) is 0.547. The first-order chi connectivity index (χ1) is 14.2. The van der Waals surface area contributed by atoms with Gasteiger partial charge in [-0.25, -0.2) is 0 Å². The van der Waals surface area contributed by atoms with E-state index in [1.54, 1.807) is 6.08 Å². The zero-order valence-electron chi connectivity index (χ0n) is 16.5. The summed E-state index contributed by atoms with van der Waals surface area (Å²) in [4.78, 5) is 12.1. The second-order valence-corrected chi connectivity index (χ2v) is 7.48. The average Bonchev–Trinajstić information content (AvgIpc) is 2.92. The van der Waals surface area contributed by atoms with Crippen LogP contribution in [0.1, 0.15) is 47.1 Å². The third-order valence-corrected chi connectivity index (χ3v) is 5.29. The number of benzene rings is 2. The van der Waals surface area contributed by atoms with Crippen molar-refractivity contribution < 1.29 is 4.79 Å². The van der Waals surface area contributed by atoms with Gasteiger partial charge in [-0.15, -0.1) is 0 Å². The van der Waals surface area contributed by atoms with E-state index in [4.69, 9.17) is 0 Å². The smallest absolute Gasteiger partial charge is 0.157 e. The van der Waals surface area contributed by atoms with Crippen LogP contribution in [0, 0.1) is 24.0 Å². The first-order valence-electron chi connectivity index (χ1n) is 10.0. The summed E-state index contributed by atoms with van der Waals surface area (Å²) < 4.78 is 0. The van der Waals surface area contributed by atoms with Gasteiger partial charge in [-0.2, -0.15) is 0 Å².